The zero-order valence-corrected chi connectivity index (χ0v) is 20.1. The van der Waals surface area contributed by atoms with E-state index in [1.165, 1.54) is 0 Å². The lowest BCUT2D eigenvalue weighted by Gasteiger charge is -2.24. The summed E-state index contributed by atoms with van der Waals surface area (Å²) in [7, 11) is 0. The van der Waals surface area contributed by atoms with Crippen LogP contribution in [0, 0.1) is 0 Å². The average Bonchev–Trinajstić information content (AvgIpc) is 2.70. The van der Waals surface area contributed by atoms with Crippen LogP contribution in [-0.2, 0) is 16.1 Å². The fraction of sp³-hybridized carbons (Fsp3) is 0.333. The van der Waals surface area contributed by atoms with Gasteiger partial charge in [0.2, 0.25) is 0 Å². The van der Waals surface area contributed by atoms with Gasteiger partial charge in [0.1, 0.15) is 23.7 Å². The first-order chi connectivity index (χ1) is 16.0. The molecule has 0 bridgehead atoms. The number of ether oxygens (including phenoxy) is 3. The number of fused-ring (bicyclic) bond motifs is 3. The van der Waals surface area contributed by atoms with E-state index in [1.54, 1.807) is 65.0 Å². The molecule has 1 aliphatic heterocycles. The van der Waals surface area contributed by atoms with Crippen molar-refractivity contribution >= 4 is 22.8 Å². The zero-order chi connectivity index (χ0) is 24.9. The molecule has 1 amide bonds. The Bertz CT molecular complexity index is 1160. The number of carbonyl (C=O) groups is 2. The van der Waals surface area contributed by atoms with Crippen LogP contribution in [0.4, 0.5) is 4.79 Å². The summed E-state index contributed by atoms with van der Waals surface area (Å²) in [6.07, 6.45) is -0.802. The monoisotopic (exact) mass is 465 g/mol. The van der Waals surface area contributed by atoms with E-state index in [0.29, 0.717) is 6.61 Å². The van der Waals surface area contributed by atoms with Gasteiger partial charge in [-0.3, -0.25) is 0 Å². The van der Waals surface area contributed by atoms with Gasteiger partial charge < -0.3 is 24.6 Å². The van der Waals surface area contributed by atoms with Crippen LogP contribution in [0.25, 0.3) is 10.8 Å². The third kappa shape index (κ3) is 6.71. The van der Waals surface area contributed by atoms with E-state index in [1.807, 2.05) is 30.3 Å². The van der Waals surface area contributed by atoms with Crippen molar-refractivity contribution in [1.82, 2.24) is 5.32 Å². The summed E-state index contributed by atoms with van der Waals surface area (Å²) >= 11 is 0. The maximum Gasteiger partial charge on any atom is 0.408 e. The van der Waals surface area contributed by atoms with E-state index in [9.17, 15) is 14.7 Å². The summed E-state index contributed by atoms with van der Waals surface area (Å²) in [4.78, 5) is 24.9. The van der Waals surface area contributed by atoms with Crippen molar-refractivity contribution < 1.29 is 28.9 Å². The Balaban J connectivity index is 1.81. The van der Waals surface area contributed by atoms with Crippen molar-refractivity contribution in [2.24, 2.45) is 0 Å². The lowest BCUT2D eigenvalue weighted by atomic mass is 10.0. The number of amides is 1. The van der Waals surface area contributed by atoms with E-state index in [2.05, 4.69) is 5.32 Å². The van der Waals surface area contributed by atoms with E-state index in [-0.39, 0.29) is 5.75 Å². The Kier molecular flexibility index (Phi) is 7.79. The number of aliphatic hydroxyl groups is 1. The quantitative estimate of drug-likeness (QED) is 0.478. The van der Waals surface area contributed by atoms with E-state index >= 15 is 0 Å². The third-order valence-corrected chi connectivity index (χ3v) is 4.89. The lowest BCUT2D eigenvalue weighted by Crippen LogP contribution is -2.48. The second-order valence-electron chi connectivity index (χ2n) is 9.26. The maximum atomic E-state index is 12.7. The van der Waals surface area contributed by atoms with Crippen molar-refractivity contribution in [2.75, 3.05) is 0 Å². The largest absolute Gasteiger partial charge is 0.488 e. The Morgan fingerprint density at radius 3 is 2.41 bits per heavy atom. The van der Waals surface area contributed by atoms with Crippen LogP contribution in [0.2, 0.25) is 0 Å². The molecule has 2 aromatic rings. The topological polar surface area (TPSA) is 94.1 Å². The van der Waals surface area contributed by atoms with Gasteiger partial charge in [-0.25, -0.2) is 9.59 Å². The molecule has 1 aliphatic rings. The summed E-state index contributed by atoms with van der Waals surface area (Å²) in [5.41, 5.74) is 1.21. The van der Waals surface area contributed by atoms with Gasteiger partial charge in [-0.05, 0) is 63.6 Å². The minimum Gasteiger partial charge on any atom is -0.488 e. The molecule has 2 aromatic carbocycles. The summed E-state index contributed by atoms with van der Waals surface area (Å²) in [5, 5.41) is 15.3. The molecule has 0 saturated heterocycles. The molecule has 7 heteroatoms. The molecule has 3 rings (SSSR count). The van der Waals surface area contributed by atoms with Crippen LogP contribution in [-0.4, -0.2) is 34.9 Å². The molecule has 0 spiro atoms. The number of benzene rings is 1. The molecule has 0 fully saturated rings. The second kappa shape index (κ2) is 10.6. The molecule has 2 unspecified atom stereocenters. The third-order valence-electron chi connectivity index (χ3n) is 4.89. The number of alkyl carbamates (subject to hydrolysis) is 1. The number of allylic oxidation sites excluding steroid dienone is 1. The molecule has 0 saturated carbocycles. The number of nitrogens with one attached hydrogen (secondary N) is 1. The summed E-state index contributed by atoms with van der Waals surface area (Å²) in [6.45, 7) is 9.33. The molecule has 0 aliphatic carbocycles. The fourth-order valence-corrected chi connectivity index (χ4v) is 3.37. The van der Waals surface area contributed by atoms with Gasteiger partial charge in [0.25, 0.3) is 0 Å². The van der Waals surface area contributed by atoms with Gasteiger partial charge in [0, 0.05) is 5.56 Å². The van der Waals surface area contributed by atoms with E-state index in [4.69, 9.17) is 14.2 Å². The van der Waals surface area contributed by atoms with Gasteiger partial charge in [-0.15, -0.1) is 0 Å². The summed E-state index contributed by atoms with van der Waals surface area (Å²) in [5.74, 6) is 0.209. The smallest absolute Gasteiger partial charge is 0.408 e. The first-order valence-electron chi connectivity index (χ1n) is 11.1. The SMILES string of the molecule is CC(C)=CC(NC(=O)OC(C)(C)C)C(O)C(=O)Oc1ccccc2ccc3c(c2ccc1)CO3. The van der Waals surface area contributed by atoms with Gasteiger partial charge in [0.15, 0.2) is 6.10 Å². The van der Waals surface area contributed by atoms with Crippen LogP contribution < -0.4 is 14.8 Å². The predicted molar refractivity (Wildman–Crippen MR) is 130 cm³/mol. The number of carbonyl (C=O) groups excluding carboxylic acids is 2. The molecule has 0 aromatic heterocycles. The van der Waals surface area contributed by atoms with Crippen LogP contribution in [0.5, 0.6) is 11.5 Å². The highest BCUT2D eigenvalue weighted by Crippen LogP contribution is 2.34. The molecular weight excluding hydrogens is 434 g/mol. The molecule has 7 nitrogen and oxygen atoms in total. The number of esters is 1. The number of aliphatic hydroxyl groups excluding tert-OH is 1. The van der Waals surface area contributed by atoms with Crippen LogP contribution in [0.15, 0.2) is 66.2 Å². The highest BCUT2D eigenvalue weighted by molar-refractivity contribution is 5.88. The van der Waals surface area contributed by atoms with Crippen molar-refractivity contribution in [2.45, 2.75) is 59.0 Å². The molecular formula is C27H31NO6. The van der Waals surface area contributed by atoms with Crippen LogP contribution >= 0.6 is 0 Å². The first kappa shape index (κ1) is 25.1. The second-order valence-corrected chi connectivity index (χ2v) is 9.26. The molecule has 1 heterocycles. The van der Waals surface area contributed by atoms with Crippen molar-refractivity contribution in [1.29, 1.82) is 0 Å². The molecule has 2 N–H and O–H groups in total. The molecule has 0 radical (unpaired) electrons. The fourth-order valence-electron chi connectivity index (χ4n) is 3.37. The van der Waals surface area contributed by atoms with Crippen LogP contribution in [0.3, 0.4) is 0 Å². The number of hydrogen-bond donors (Lipinski definition) is 2. The highest BCUT2D eigenvalue weighted by Gasteiger charge is 2.29. The van der Waals surface area contributed by atoms with Gasteiger partial charge >= 0.3 is 12.1 Å². The Morgan fingerprint density at radius 1 is 1.06 bits per heavy atom. The Morgan fingerprint density at radius 2 is 1.76 bits per heavy atom. The Hall–Kier alpha value is -3.58. The molecule has 2 atom stereocenters. The van der Waals surface area contributed by atoms with E-state index in [0.717, 1.165) is 27.7 Å². The van der Waals surface area contributed by atoms with Gasteiger partial charge in [-0.1, -0.05) is 48.0 Å². The highest BCUT2D eigenvalue weighted by atomic mass is 16.6. The molecule has 34 heavy (non-hydrogen) atoms. The van der Waals surface area contributed by atoms with Gasteiger partial charge in [0.05, 0.1) is 6.04 Å². The van der Waals surface area contributed by atoms with Crippen molar-refractivity contribution in [3.05, 3.63) is 71.8 Å². The first-order valence-corrected chi connectivity index (χ1v) is 11.1. The number of rotatable bonds is 5. The minimum absolute atomic E-state index is 0.243. The average molecular weight is 466 g/mol. The Labute approximate surface area is 199 Å². The summed E-state index contributed by atoms with van der Waals surface area (Å²) in [6, 6.07) is 15.5. The molecule has 180 valence electrons. The lowest BCUT2D eigenvalue weighted by molar-refractivity contribution is -0.144. The van der Waals surface area contributed by atoms with Crippen molar-refractivity contribution in [3.8, 4) is 11.5 Å². The van der Waals surface area contributed by atoms with Crippen molar-refractivity contribution in [3.63, 3.8) is 0 Å². The normalized spacial score (nSPS) is 13.7. The maximum absolute atomic E-state index is 12.7. The summed E-state index contributed by atoms with van der Waals surface area (Å²) < 4.78 is 16.1. The van der Waals surface area contributed by atoms with E-state index < -0.39 is 29.8 Å². The number of hydrogen-bond acceptors (Lipinski definition) is 6. The standard InChI is InChI=1S/C27H31NO6/c1-17(2)15-22(28-26(31)34-27(3,4)5)24(29)25(30)33-19-10-7-6-9-18-13-14-23-21(16-32-23)20(18)12-8-11-19/h6-15,22,24,29H,16H2,1-5H3,(H,28,31). The minimum atomic E-state index is -1.63. The predicted octanol–water partition coefficient (Wildman–Crippen LogP) is 4.98. The zero-order valence-electron chi connectivity index (χ0n) is 20.1. The van der Waals surface area contributed by atoms with Crippen LogP contribution in [0.1, 0.15) is 40.2 Å². The van der Waals surface area contributed by atoms with Gasteiger partial charge in [-0.2, -0.15) is 0 Å².